The van der Waals surface area contributed by atoms with Crippen LogP contribution in [0.5, 0.6) is 0 Å². The van der Waals surface area contributed by atoms with Crippen LogP contribution < -0.4 is 5.32 Å². The third-order valence-corrected chi connectivity index (χ3v) is 3.86. The Balaban J connectivity index is 2.07. The molecule has 7 heteroatoms. The third kappa shape index (κ3) is 3.04. The molecule has 1 aliphatic rings. The van der Waals surface area contributed by atoms with Gasteiger partial charge in [0.1, 0.15) is 11.9 Å². The first-order chi connectivity index (χ1) is 9.49. The van der Waals surface area contributed by atoms with Crippen LogP contribution in [0.25, 0.3) is 0 Å². The van der Waals surface area contributed by atoms with E-state index in [9.17, 15) is 14.9 Å². The Morgan fingerprint density at radius 2 is 2.25 bits per heavy atom. The van der Waals surface area contributed by atoms with E-state index in [1.807, 2.05) is 0 Å². The zero-order valence-corrected chi connectivity index (χ0v) is 11.6. The molecule has 0 radical (unpaired) electrons. The summed E-state index contributed by atoms with van der Waals surface area (Å²) in [5.41, 5.74) is -0.0134. The van der Waals surface area contributed by atoms with Gasteiger partial charge in [0.2, 0.25) is 0 Å². The van der Waals surface area contributed by atoms with Crippen molar-refractivity contribution in [3.05, 3.63) is 28.6 Å². The fraction of sp³-hybridized carbons (Fsp3) is 0.538. The fourth-order valence-corrected chi connectivity index (χ4v) is 2.28. The molecular formula is C13H18N4O3. The molecule has 2 atom stereocenters. The van der Waals surface area contributed by atoms with E-state index in [4.69, 9.17) is 0 Å². The van der Waals surface area contributed by atoms with Crippen molar-refractivity contribution in [1.29, 1.82) is 0 Å². The molecule has 1 fully saturated rings. The van der Waals surface area contributed by atoms with Crippen LogP contribution in [0.1, 0.15) is 20.3 Å². The van der Waals surface area contributed by atoms with Gasteiger partial charge in [-0.05, 0) is 24.3 Å². The first-order valence-corrected chi connectivity index (χ1v) is 6.63. The molecule has 2 rings (SSSR count). The number of nitrogens with one attached hydrogen (secondary N) is 1. The molecule has 0 bridgehead atoms. The van der Waals surface area contributed by atoms with Crippen molar-refractivity contribution < 1.29 is 9.72 Å². The summed E-state index contributed by atoms with van der Waals surface area (Å²) in [6, 6.07) is 1.14. The first-order valence-electron chi connectivity index (χ1n) is 6.63. The lowest BCUT2D eigenvalue weighted by Gasteiger charge is -2.35. The van der Waals surface area contributed by atoms with Crippen LogP contribution in [-0.2, 0) is 0 Å². The molecule has 0 unspecified atom stereocenters. The number of carbonyl (C=O) groups excluding carboxylic acids is 1. The van der Waals surface area contributed by atoms with E-state index in [-0.39, 0.29) is 17.4 Å². The van der Waals surface area contributed by atoms with Gasteiger partial charge in [-0.1, -0.05) is 13.8 Å². The summed E-state index contributed by atoms with van der Waals surface area (Å²) in [5.74, 6) is 1.02. The molecule has 108 valence electrons. The average molecular weight is 278 g/mol. The summed E-state index contributed by atoms with van der Waals surface area (Å²) in [5, 5.41) is 13.5. The number of hydrogen-bond acceptors (Lipinski definition) is 4. The Morgan fingerprint density at radius 3 is 2.90 bits per heavy atom. The Kier molecular flexibility index (Phi) is 4.16. The molecule has 0 aliphatic carbocycles. The number of amides is 2. The molecule has 0 saturated carbocycles. The molecule has 7 nitrogen and oxygen atoms in total. The van der Waals surface area contributed by atoms with E-state index >= 15 is 0 Å². The Bertz CT molecular complexity index is 520. The lowest BCUT2D eigenvalue weighted by Crippen LogP contribution is -2.44. The topological polar surface area (TPSA) is 88.4 Å². The summed E-state index contributed by atoms with van der Waals surface area (Å²) in [4.78, 5) is 27.9. The van der Waals surface area contributed by atoms with Crippen LogP contribution in [0.15, 0.2) is 18.5 Å². The SMILES string of the molecule is C[C@@H]1CCN(C(=O)Nc2ccncc2[N+](=O)[O-])C[C@H]1C. The highest BCUT2D eigenvalue weighted by Gasteiger charge is 2.27. The molecule has 1 saturated heterocycles. The summed E-state index contributed by atoms with van der Waals surface area (Å²) >= 11 is 0. The molecular weight excluding hydrogens is 260 g/mol. The highest BCUT2D eigenvalue weighted by molar-refractivity contribution is 5.91. The van der Waals surface area contributed by atoms with Gasteiger partial charge in [-0.3, -0.25) is 15.1 Å². The number of pyridine rings is 1. The third-order valence-electron chi connectivity index (χ3n) is 3.86. The maximum Gasteiger partial charge on any atom is 0.322 e. The zero-order chi connectivity index (χ0) is 14.7. The van der Waals surface area contributed by atoms with Crippen molar-refractivity contribution in [2.75, 3.05) is 18.4 Å². The van der Waals surface area contributed by atoms with Crippen molar-refractivity contribution in [3.63, 3.8) is 0 Å². The number of urea groups is 1. The molecule has 2 heterocycles. The number of nitrogens with zero attached hydrogens (tertiary/aromatic N) is 3. The van der Waals surface area contributed by atoms with E-state index < -0.39 is 4.92 Å². The van der Waals surface area contributed by atoms with E-state index in [1.54, 1.807) is 4.90 Å². The van der Waals surface area contributed by atoms with Gasteiger partial charge < -0.3 is 10.2 Å². The van der Waals surface area contributed by atoms with Gasteiger partial charge in [0, 0.05) is 19.3 Å². The molecule has 2 amide bonds. The molecule has 0 aromatic carbocycles. The lowest BCUT2D eigenvalue weighted by molar-refractivity contribution is -0.384. The summed E-state index contributed by atoms with van der Waals surface area (Å²) < 4.78 is 0. The predicted molar refractivity (Wildman–Crippen MR) is 74.4 cm³/mol. The van der Waals surface area contributed by atoms with Crippen LogP contribution in [-0.4, -0.2) is 33.9 Å². The van der Waals surface area contributed by atoms with E-state index in [0.717, 1.165) is 12.6 Å². The van der Waals surface area contributed by atoms with Crippen molar-refractivity contribution in [3.8, 4) is 0 Å². The van der Waals surface area contributed by atoms with Crippen molar-refractivity contribution >= 4 is 17.4 Å². The van der Waals surface area contributed by atoms with E-state index in [1.165, 1.54) is 12.3 Å². The van der Waals surface area contributed by atoms with Crippen molar-refractivity contribution in [2.24, 2.45) is 11.8 Å². The number of carbonyl (C=O) groups is 1. The molecule has 1 aliphatic heterocycles. The van der Waals surface area contributed by atoms with E-state index in [0.29, 0.717) is 24.9 Å². The van der Waals surface area contributed by atoms with Gasteiger partial charge in [-0.25, -0.2) is 4.79 Å². The largest absolute Gasteiger partial charge is 0.324 e. The second-order valence-electron chi connectivity index (χ2n) is 5.27. The van der Waals surface area contributed by atoms with Crippen molar-refractivity contribution in [2.45, 2.75) is 20.3 Å². The van der Waals surface area contributed by atoms with Crippen LogP contribution in [0.2, 0.25) is 0 Å². The van der Waals surface area contributed by atoms with Crippen LogP contribution >= 0.6 is 0 Å². The minimum atomic E-state index is -0.552. The number of likely N-dealkylation sites (tertiary alicyclic amines) is 1. The highest BCUT2D eigenvalue weighted by atomic mass is 16.6. The molecule has 1 aromatic rings. The predicted octanol–water partition coefficient (Wildman–Crippen LogP) is 2.50. The summed E-state index contributed by atoms with van der Waals surface area (Å²) in [6.07, 6.45) is 3.51. The molecule has 20 heavy (non-hydrogen) atoms. The maximum atomic E-state index is 12.2. The van der Waals surface area contributed by atoms with Gasteiger partial charge in [0.05, 0.1) is 4.92 Å². The normalized spacial score (nSPS) is 22.4. The Hall–Kier alpha value is -2.18. The van der Waals surface area contributed by atoms with Gasteiger partial charge in [-0.15, -0.1) is 0 Å². The molecule has 1 aromatic heterocycles. The van der Waals surface area contributed by atoms with Crippen LogP contribution in [0.4, 0.5) is 16.2 Å². The van der Waals surface area contributed by atoms with E-state index in [2.05, 4.69) is 24.1 Å². The standard InChI is InChI=1S/C13H18N4O3/c1-9-4-6-16(8-10(9)2)13(18)15-11-3-5-14-7-12(11)17(19)20/h3,5,7,9-10H,4,6,8H2,1-2H3,(H,14,15,18)/t9-,10-/m1/s1. The number of anilines is 1. The number of aromatic nitrogens is 1. The minimum absolute atomic E-state index is 0.182. The fourth-order valence-electron chi connectivity index (χ4n) is 2.28. The number of hydrogen-bond donors (Lipinski definition) is 1. The molecule has 1 N–H and O–H groups in total. The van der Waals surface area contributed by atoms with Crippen molar-refractivity contribution in [1.82, 2.24) is 9.88 Å². The highest BCUT2D eigenvalue weighted by Crippen LogP contribution is 2.25. The average Bonchev–Trinajstić information content (AvgIpc) is 2.42. The first kappa shape index (κ1) is 14.2. The van der Waals surface area contributed by atoms with Crippen LogP contribution in [0.3, 0.4) is 0 Å². The van der Waals surface area contributed by atoms with Gasteiger partial charge >= 0.3 is 11.7 Å². The summed E-state index contributed by atoms with van der Waals surface area (Å²) in [6.45, 7) is 5.63. The number of piperidine rings is 1. The number of nitro groups is 1. The Labute approximate surface area is 117 Å². The summed E-state index contributed by atoms with van der Waals surface area (Å²) in [7, 11) is 0. The van der Waals surface area contributed by atoms with Gasteiger partial charge in [0.25, 0.3) is 0 Å². The van der Waals surface area contributed by atoms with Gasteiger partial charge in [0.15, 0.2) is 0 Å². The molecule has 0 spiro atoms. The zero-order valence-electron chi connectivity index (χ0n) is 11.6. The smallest absolute Gasteiger partial charge is 0.322 e. The minimum Gasteiger partial charge on any atom is -0.324 e. The monoisotopic (exact) mass is 278 g/mol. The van der Waals surface area contributed by atoms with Crippen LogP contribution in [0, 0.1) is 22.0 Å². The van der Waals surface area contributed by atoms with Gasteiger partial charge in [-0.2, -0.15) is 0 Å². The Morgan fingerprint density at radius 1 is 1.50 bits per heavy atom. The number of rotatable bonds is 2. The quantitative estimate of drug-likeness (QED) is 0.665. The second kappa shape index (κ2) is 5.85. The second-order valence-corrected chi connectivity index (χ2v) is 5.27. The maximum absolute atomic E-state index is 12.2. The lowest BCUT2D eigenvalue weighted by atomic mass is 9.89.